The van der Waals surface area contributed by atoms with Gasteiger partial charge in [0.2, 0.25) is 0 Å². The van der Waals surface area contributed by atoms with Gasteiger partial charge in [0.15, 0.2) is 0 Å². The number of carboxylic acids is 2. The molecule has 3 aliphatic heterocycles. The van der Waals surface area contributed by atoms with E-state index in [0.29, 0.717) is 37.8 Å². The molecule has 392 valence electrons. The topological polar surface area (TPSA) is 232 Å². The van der Waals surface area contributed by atoms with Crippen LogP contribution in [0, 0.1) is 11.8 Å². The number of nitrogens with two attached hydrogens (primary N) is 2. The van der Waals surface area contributed by atoms with E-state index in [1.54, 1.807) is 27.7 Å². The molecule has 0 radical (unpaired) electrons. The van der Waals surface area contributed by atoms with Crippen LogP contribution in [0.1, 0.15) is 180 Å². The van der Waals surface area contributed by atoms with Crippen molar-refractivity contribution in [3.05, 3.63) is 70.8 Å². The van der Waals surface area contributed by atoms with E-state index in [1.165, 1.54) is 47.9 Å². The molecule has 16 heteroatoms. The number of benzene rings is 2. The molecule has 14 nitrogen and oxygen atoms in total. The molecule has 2 aliphatic carbocycles. The number of aryl methyl sites for hydroxylation is 2. The van der Waals surface area contributed by atoms with E-state index < -0.39 is 41.3 Å². The highest BCUT2D eigenvalue weighted by Crippen LogP contribution is 2.42. The van der Waals surface area contributed by atoms with Crippen molar-refractivity contribution in [2.75, 3.05) is 26.2 Å². The van der Waals surface area contributed by atoms with Crippen molar-refractivity contribution >= 4 is 26.2 Å². The number of aliphatic carboxylic acids is 2. The van der Waals surface area contributed by atoms with Crippen LogP contribution in [0.15, 0.2) is 48.5 Å². The minimum atomic E-state index is -1.33. The zero-order chi connectivity index (χ0) is 51.7. The molecular weight excluding hydrogens is 886 g/mol. The van der Waals surface area contributed by atoms with Gasteiger partial charge in [0.05, 0.1) is 22.4 Å². The zero-order valence-electron chi connectivity index (χ0n) is 44.0. The highest BCUT2D eigenvalue weighted by molar-refractivity contribution is 6.45. The summed E-state index contributed by atoms with van der Waals surface area (Å²) in [7, 11) is -1.57. The lowest BCUT2D eigenvalue weighted by Gasteiger charge is -2.44. The van der Waals surface area contributed by atoms with Crippen molar-refractivity contribution < 1.29 is 49.4 Å². The van der Waals surface area contributed by atoms with Gasteiger partial charge < -0.3 is 51.3 Å². The van der Waals surface area contributed by atoms with Crippen molar-refractivity contribution in [2.24, 2.45) is 23.3 Å². The van der Waals surface area contributed by atoms with E-state index in [9.17, 15) is 19.8 Å². The summed E-state index contributed by atoms with van der Waals surface area (Å²) in [5.41, 5.74) is 13.8. The van der Waals surface area contributed by atoms with Crippen molar-refractivity contribution in [3.8, 4) is 0 Å². The number of hydrogen-bond donors (Lipinski definition) is 8. The number of fused-ring (bicyclic) bond motifs is 2. The normalized spacial score (nSPS) is 23.8. The van der Waals surface area contributed by atoms with Crippen LogP contribution in [-0.2, 0) is 31.7 Å². The summed E-state index contributed by atoms with van der Waals surface area (Å²) in [6.45, 7) is 18.1. The van der Waals surface area contributed by atoms with E-state index in [4.69, 9.17) is 41.0 Å². The molecule has 7 rings (SSSR count). The van der Waals surface area contributed by atoms with Gasteiger partial charge in [-0.3, -0.25) is 19.4 Å². The lowest BCUT2D eigenvalue weighted by molar-refractivity contribution is -0.148. The van der Waals surface area contributed by atoms with Crippen LogP contribution in [0.5, 0.6) is 0 Å². The maximum Gasteiger partial charge on any atom is 0.457 e. The first-order valence-corrected chi connectivity index (χ1v) is 26.5. The summed E-state index contributed by atoms with van der Waals surface area (Å²) in [6.07, 6.45) is 15.1. The molecule has 0 aromatic heterocycles. The Morgan fingerprint density at radius 2 is 1.01 bits per heavy atom. The van der Waals surface area contributed by atoms with Crippen LogP contribution in [-0.4, -0.2) is 126 Å². The number of carbonyl (C=O) groups is 2. The molecule has 2 aromatic rings. The standard InChI is InChI=1S/C27H43BN2O4.C21H33BN2O4.C6H14O2/c1-25(2)26(3,4)34-28(33-25)17-8-7-16-27(29,24(31)32)21-14-18-30(19-15-21)23-13-9-11-20-10-5-6-12-22(20)23;23-21(20(25)26,12-3-4-13-22(27)28)17-10-14-24(15-11-17)19-9-5-7-16-6-1-2-8-18(16)19;1-5(2,7)6(3,4)8/h5-6,10,12,21,23H,7-9,11,13-19,29H2,1-4H3,(H,31,32);1-2,6,8,17,19,27-28H,3-5,7,9-15,23H2,(H,25,26);7-8H,1-4H3. The Morgan fingerprint density at radius 3 is 1.37 bits per heavy atom. The molecule has 70 heavy (non-hydrogen) atoms. The second-order valence-corrected chi connectivity index (χ2v) is 23.3. The maximum absolute atomic E-state index is 12.3. The summed E-state index contributed by atoms with van der Waals surface area (Å²) in [5.74, 6) is -1.82. The van der Waals surface area contributed by atoms with Gasteiger partial charge in [0, 0.05) is 12.1 Å². The molecule has 5 aliphatic rings. The van der Waals surface area contributed by atoms with E-state index in [2.05, 4.69) is 86.0 Å². The number of carboxylic acid groups (broad SMARTS) is 2. The molecule has 3 saturated heterocycles. The SMILES string of the molecule is CC(C)(O)C(C)(C)O.CC1(C)OB(CCCCC(N)(C(=O)O)C2CCN(C3CCCc4ccccc43)CC2)OC1(C)C.NC(CCCCB(O)O)(C(=O)O)C1CCN(C2CCCc3ccccc32)CC1. The van der Waals surface area contributed by atoms with Crippen LogP contribution in [0.25, 0.3) is 0 Å². The molecule has 3 fully saturated rings. The molecule has 0 saturated carbocycles. The van der Waals surface area contributed by atoms with Crippen LogP contribution in [0.3, 0.4) is 0 Å². The van der Waals surface area contributed by atoms with Crippen molar-refractivity contribution in [1.82, 2.24) is 9.80 Å². The zero-order valence-corrected chi connectivity index (χ0v) is 44.0. The monoisotopic (exact) mass is 977 g/mol. The number of aliphatic hydroxyl groups is 2. The third kappa shape index (κ3) is 14.7. The first kappa shape index (κ1) is 58.0. The quantitative estimate of drug-likeness (QED) is 0.0565. The molecule has 0 bridgehead atoms. The fraction of sp³-hybridized carbons (Fsp3) is 0.741. The number of rotatable bonds is 17. The smallest absolute Gasteiger partial charge is 0.457 e. The molecule has 2 aromatic carbocycles. The third-order valence-electron chi connectivity index (χ3n) is 17.3. The molecule has 0 spiro atoms. The van der Waals surface area contributed by atoms with Crippen LogP contribution in [0.2, 0.25) is 12.6 Å². The van der Waals surface area contributed by atoms with Gasteiger partial charge in [0.1, 0.15) is 11.1 Å². The Kier molecular flexibility index (Phi) is 20.2. The third-order valence-corrected chi connectivity index (χ3v) is 17.3. The van der Waals surface area contributed by atoms with E-state index in [1.807, 2.05) is 0 Å². The fourth-order valence-corrected chi connectivity index (χ4v) is 11.2. The van der Waals surface area contributed by atoms with Crippen LogP contribution >= 0.6 is 0 Å². The van der Waals surface area contributed by atoms with Crippen molar-refractivity contribution in [1.29, 1.82) is 0 Å². The van der Waals surface area contributed by atoms with Gasteiger partial charge in [0.25, 0.3) is 0 Å². The summed E-state index contributed by atoms with van der Waals surface area (Å²) in [6, 6.07) is 18.4. The highest BCUT2D eigenvalue weighted by atomic mass is 16.7. The lowest BCUT2D eigenvalue weighted by atomic mass is 9.73. The minimum absolute atomic E-state index is 0.0110. The Bertz CT molecular complexity index is 1950. The van der Waals surface area contributed by atoms with Crippen LogP contribution in [0.4, 0.5) is 0 Å². The number of hydrogen-bond acceptors (Lipinski definition) is 12. The van der Waals surface area contributed by atoms with Crippen molar-refractivity contribution in [3.63, 3.8) is 0 Å². The lowest BCUT2D eigenvalue weighted by Crippen LogP contribution is -2.57. The van der Waals surface area contributed by atoms with E-state index in [0.717, 1.165) is 83.9 Å². The van der Waals surface area contributed by atoms with Gasteiger partial charge in [-0.05, 0) is 205 Å². The second-order valence-electron chi connectivity index (χ2n) is 23.3. The molecule has 3 heterocycles. The summed E-state index contributed by atoms with van der Waals surface area (Å²) >= 11 is 0. The minimum Gasteiger partial charge on any atom is -0.480 e. The number of likely N-dealkylation sites (tertiary alicyclic amines) is 2. The summed E-state index contributed by atoms with van der Waals surface area (Å²) in [5, 5.41) is 56.0. The Hall–Kier alpha value is -2.89. The molecule has 0 amide bonds. The Labute approximate surface area is 420 Å². The number of unbranched alkanes of at least 4 members (excludes halogenated alkanes) is 2. The van der Waals surface area contributed by atoms with Gasteiger partial charge >= 0.3 is 26.2 Å². The molecule has 10 N–H and O–H groups in total. The van der Waals surface area contributed by atoms with Crippen LogP contribution < -0.4 is 11.5 Å². The van der Waals surface area contributed by atoms with Gasteiger partial charge in [-0.25, -0.2) is 0 Å². The van der Waals surface area contributed by atoms with Gasteiger partial charge in [-0.2, -0.15) is 0 Å². The number of nitrogens with zero attached hydrogens (tertiary/aromatic N) is 2. The molecular formula is C54H90B2N4O10. The number of piperidine rings is 2. The second kappa shape index (κ2) is 24.4. The van der Waals surface area contributed by atoms with Crippen molar-refractivity contribution in [2.45, 2.75) is 216 Å². The first-order valence-electron chi connectivity index (χ1n) is 26.5. The Balaban J connectivity index is 0.000000229. The molecule has 4 atom stereocenters. The average molecular weight is 977 g/mol. The fourth-order valence-electron chi connectivity index (χ4n) is 11.2. The highest BCUT2D eigenvalue weighted by Gasteiger charge is 2.51. The predicted octanol–water partition coefficient (Wildman–Crippen LogP) is 7.55. The van der Waals surface area contributed by atoms with E-state index in [-0.39, 0.29) is 36.5 Å². The summed E-state index contributed by atoms with van der Waals surface area (Å²) < 4.78 is 12.2. The first-order chi connectivity index (χ1) is 32.7. The van der Waals surface area contributed by atoms with Gasteiger partial charge in [-0.1, -0.05) is 74.2 Å². The largest absolute Gasteiger partial charge is 0.480 e. The van der Waals surface area contributed by atoms with E-state index >= 15 is 0 Å². The maximum atomic E-state index is 12.3. The molecule has 4 unspecified atom stereocenters. The Morgan fingerprint density at radius 1 is 0.643 bits per heavy atom. The van der Waals surface area contributed by atoms with Gasteiger partial charge in [-0.15, -0.1) is 0 Å². The predicted molar refractivity (Wildman–Crippen MR) is 278 cm³/mol. The summed E-state index contributed by atoms with van der Waals surface area (Å²) in [4.78, 5) is 29.3. The average Bonchev–Trinajstić information content (AvgIpc) is 3.52.